The average molecular weight is 358 g/mol. The van der Waals surface area contributed by atoms with Crippen LogP contribution in [0.3, 0.4) is 0 Å². The lowest BCUT2D eigenvalue weighted by Gasteiger charge is -2.15. The van der Waals surface area contributed by atoms with Crippen molar-refractivity contribution < 1.29 is 27.4 Å². The Balaban J connectivity index is 2.09. The van der Waals surface area contributed by atoms with Gasteiger partial charge in [-0.25, -0.2) is 4.99 Å². The summed E-state index contributed by atoms with van der Waals surface area (Å²) in [5, 5.41) is 2.43. The second kappa shape index (κ2) is 8.33. The van der Waals surface area contributed by atoms with E-state index in [2.05, 4.69) is 10.3 Å². The van der Waals surface area contributed by atoms with Gasteiger partial charge in [-0.2, -0.15) is 13.2 Å². The van der Waals surface area contributed by atoms with Crippen LogP contribution in [-0.2, 0) is 15.7 Å². The van der Waals surface area contributed by atoms with Crippen molar-refractivity contribution in [2.75, 3.05) is 13.2 Å². The molecule has 0 radical (unpaired) electrons. The van der Waals surface area contributed by atoms with Crippen LogP contribution < -0.4 is 5.32 Å². The first-order chi connectivity index (χ1) is 11.8. The van der Waals surface area contributed by atoms with Gasteiger partial charge in [-0.1, -0.05) is 6.07 Å². The fourth-order valence-electron chi connectivity index (χ4n) is 2.31. The summed E-state index contributed by atoms with van der Waals surface area (Å²) >= 11 is 0. The number of amides is 1. The number of hydrogen-bond acceptors (Lipinski definition) is 4. The molecular formula is C17H21F3N2O3. The van der Waals surface area contributed by atoms with Crippen molar-refractivity contribution in [2.24, 2.45) is 4.99 Å². The molecule has 1 amide bonds. The number of hydrogen-bond donors (Lipinski definition) is 1. The Kier molecular flexibility index (Phi) is 6.41. The molecule has 1 aliphatic rings. The van der Waals surface area contributed by atoms with E-state index in [9.17, 15) is 18.0 Å². The molecule has 1 aromatic carbocycles. The van der Waals surface area contributed by atoms with E-state index in [0.717, 1.165) is 25.0 Å². The van der Waals surface area contributed by atoms with Crippen LogP contribution in [0.2, 0.25) is 0 Å². The number of benzene rings is 1. The maximum atomic E-state index is 12.8. The third-order valence-corrected chi connectivity index (χ3v) is 3.48. The molecule has 1 aromatic rings. The van der Waals surface area contributed by atoms with E-state index in [-0.39, 0.29) is 23.8 Å². The molecule has 25 heavy (non-hydrogen) atoms. The topological polar surface area (TPSA) is 59.9 Å². The Morgan fingerprint density at radius 2 is 2.20 bits per heavy atom. The molecule has 1 N–H and O–H groups in total. The number of carbonyl (C=O) groups is 1. The maximum absolute atomic E-state index is 12.8. The van der Waals surface area contributed by atoms with Gasteiger partial charge in [0.2, 0.25) is 0 Å². The molecule has 0 unspecified atom stereocenters. The van der Waals surface area contributed by atoms with E-state index >= 15 is 0 Å². The number of aliphatic imine (C=N–C) groups is 1. The molecule has 0 aliphatic carbocycles. The summed E-state index contributed by atoms with van der Waals surface area (Å²) in [6.07, 6.45) is -2.96. The van der Waals surface area contributed by atoms with Gasteiger partial charge in [-0.15, -0.1) is 0 Å². The largest absolute Gasteiger partial charge is 0.462 e. The Morgan fingerprint density at radius 3 is 2.80 bits per heavy atom. The Morgan fingerprint density at radius 1 is 1.44 bits per heavy atom. The zero-order chi connectivity index (χ0) is 18.4. The molecule has 138 valence electrons. The molecule has 8 heteroatoms. The highest BCUT2D eigenvalue weighted by Crippen LogP contribution is 2.29. The summed E-state index contributed by atoms with van der Waals surface area (Å²) < 4.78 is 49.2. The molecule has 1 heterocycles. The molecule has 1 saturated heterocycles. The van der Waals surface area contributed by atoms with Crippen LogP contribution in [0.15, 0.2) is 29.3 Å². The first kappa shape index (κ1) is 19.2. The Bertz CT molecular complexity index is 624. The first-order valence-electron chi connectivity index (χ1n) is 8.07. The number of ether oxygens (including phenoxy) is 2. The van der Waals surface area contributed by atoms with Crippen molar-refractivity contribution in [3.63, 3.8) is 0 Å². The van der Waals surface area contributed by atoms with E-state index in [1.54, 1.807) is 13.8 Å². The summed E-state index contributed by atoms with van der Waals surface area (Å²) in [6.45, 7) is 4.53. The monoisotopic (exact) mass is 358 g/mol. The lowest BCUT2D eigenvalue weighted by molar-refractivity contribution is -0.137. The number of alkyl halides is 3. The molecule has 1 fully saturated rings. The van der Waals surface area contributed by atoms with Crippen LogP contribution in [0.1, 0.15) is 42.6 Å². The van der Waals surface area contributed by atoms with Crippen LogP contribution in [0.25, 0.3) is 0 Å². The van der Waals surface area contributed by atoms with Crippen LogP contribution >= 0.6 is 0 Å². The van der Waals surface area contributed by atoms with Gasteiger partial charge < -0.3 is 9.47 Å². The van der Waals surface area contributed by atoms with E-state index in [4.69, 9.17) is 9.47 Å². The van der Waals surface area contributed by atoms with Crippen LogP contribution in [-0.4, -0.2) is 37.3 Å². The van der Waals surface area contributed by atoms with Crippen molar-refractivity contribution in [3.8, 4) is 0 Å². The summed E-state index contributed by atoms with van der Waals surface area (Å²) in [5.74, 6) is -0.710. The fraction of sp³-hybridized carbons (Fsp3) is 0.529. The van der Waals surface area contributed by atoms with Gasteiger partial charge in [0, 0.05) is 12.2 Å². The minimum atomic E-state index is -4.51. The highest BCUT2D eigenvalue weighted by atomic mass is 19.4. The van der Waals surface area contributed by atoms with Crippen LogP contribution in [0.5, 0.6) is 0 Å². The molecule has 2 rings (SSSR count). The van der Waals surface area contributed by atoms with E-state index in [1.165, 1.54) is 12.1 Å². The molecular weight excluding hydrogens is 337 g/mol. The summed E-state index contributed by atoms with van der Waals surface area (Å²) in [6, 6.07) is 4.17. The van der Waals surface area contributed by atoms with Gasteiger partial charge in [-0.3, -0.25) is 10.1 Å². The highest BCUT2D eigenvalue weighted by Gasteiger charge is 2.31. The smallest absolute Gasteiger partial charge is 0.416 e. The predicted molar refractivity (Wildman–Crippen MR) is 86.4 cm³/mol. The molecule has 0 aromatic heterocycles. The van der Waals surface area contributed by atoms with Crippen LogP contribution in [0.4, 0.5) is 13.2 Å². The van der Waals surface area contributed by atoms with Gasteiger partial charge >= 0.3 is 6.18 Å². The Labute approximate surface area is 144 Å². The van der Waals surface area contributed by atoms with Gasteiger partial charge in [0.05, 0.1) is 24.3 Å². The SMILES string of the molecule is CC(C)OC(=NC[C@H]1CCCO1)NC(=O)c1cccc(C(F)(F)F)c1. The number of rotatable bonds is 4. The van der Waals surface area contributed by atoms with Crippen molar-refractivity contribution in [3.05, 3.63) is 35.4 Å². The van der Waals surface area contributed by atoms with Crippen LogP contribution in [0, 0.1) is 0 Å². The third-order valence-electron chi connectivity index (χ3n) is 3.48. The van der Waals surface area contributed by atoms with Crippen molar-refractivity contribution in [1.82, 2.24) is 5.32 Å². The standard InChI is InChI=1S/C17H21F3N2O3/c1-11(2)25-16(21-10-14-7-4-8-24-14)22-15(23)12-5-3-6-13(9-12)17(18,19)20/h3,5-6,9,11,14H,4,7-8,10H2,1-2H3,(H,21,22,23)/t14-/m1/s1. The number of nitrogens with zero attached hydrogens (tertiary/aromatic N) is 1. The predicted octanol–water partition coefficient (Wildman–Crippen LogP) is 3.40. The van der Waals surface area contributed by atoms with Crippen molar-refractivity contribution in [2.45, 2.75) is 45.1 Å². The third kappa shape index (κ3) is 6.04. The quantitative estimate of drug-likeness (QED) is 0.663. The first-order valence-corrected chi connectivity index (χ1v) is 8.07. The molecule has 0 saturated carbocycles. The lowest BCUT2D eigenvalue weighted by atomic mass is 10.1. The number of nitrogens with one attached hydrogen (secondary N) is 1. The molecule has 0 spiro atoms. The number of amidine groups is 1. The fourth-order valence-corrected chi connectivity index (χ4v) is 2.31. The van der Waals surface area contributed by atoms with Crippen molar-refractivity contribution >= 4 is 11.9 Å². The second-order valence-electron chi connectivity index (χ2n) is 5.98. The number of carbonyl (C=O) groups excluding carboxylic acids is 1. The minimum absolute atomic E-state index is 0.0205. The molecule has 0 bridgehead atoms. The zero-order valence-electron chi connectivity index (χ0n) is 14.1. The summed E-state index contributed by atoms with van der Waals surface area (Å²) in [5.41, 5.74) is -1.00. The van der Waals surface area contributed by atoms with Gasteiger partial charge in [0.15, 0.2) is 0 Å². The van der Waals surface area contributed by atoms with Crippen molar-refractivity contribution in [1.29, 1.82) is 0 Å². The minimum Gasteiger partial charge on any atom is -0.462 e. The van der Waals surface area contributed by atoms with Gasteiger partial charge in [0.25, 0.3) is 11.9 Å². The lowest BCUT2D eigenvalue weighted by Crippen LogP contribution is -2.35. The summed E-state index contributed by atoms with van der Waals surface area (Å²) in [4.78, 5) is 16.4. The second-order valence-corrected chi connectivity index (χ2v) is 5.98. The van der Waals surface area contributed by atoms with E-state index in [1.807, 2.05) is 0 Å². The zero-order valence-corrected chi connectivity index (χ0v) is 14.1. The average Bonchev–Trinajstić information content (AvgIpc) is 3.05. The summed E-state index contributed by atoms with van der Waals surface area (Å²) in [7, 11) is 0. The van der Waals surface area contributed by atoms with Gasteiger partial charge in [-0.05, 0) is 44.9 Å². The Hall–Kier alpha value is -2.09. The van der Waals surface area contributed by atoms with E-state index < -0.39 is 17.6 Å². The normalized spacial score (nSPS) is 18.5. The molecule has 5 nitrogen and oxygen atoms in total. The molecule has 1 aliphatic heterocycles. The maximum Gasteiger partial charge on any atom is 0.416 e. The highest BCUT2D eigenvalue weighted by molar-refractivity contribution is 6.04. The van der Waals surface area contributed by atoms with Gasteiger partial charge in [0.1, 0.15) is 0 Å². The molecule has 1 atom stereocenters. The van der Waals surface area contributed by atoms with E-state index in [0.29, 0.717) is 13.2 Å². The number of halogens is 3.